The van der Waals surface area contributed by atoms with E-state index >= 15 is 0 Å². The number of hydrogen-bond acceptors (Lipinski definition) is 2. The van der Waals surface area contributed by atoms with E-state index in [9.17, 15) is 4.79 Å². The van der Waals surface area contributed by atoms with Crippen molar-refractivity contribution >= 4 is 33.4 Å². The van der Waals surface area contributed by atoms with Gasteiger partial charge in [-0.3, -0.25) is 4.79 Å². The highest BCUT2D eigenvalue weighted by Gasteiger charge is 2.21. The van der Waals surface area contributed by atoms with Crippen LogP contribution in [0.25, 0.3) is 0 Å². The first-order valence-corrected chi connectivity index (χ1v) is 6.72. The normalized spacial score (nSPS) is 20.4. The standard InChI is InChI=1S/C12H14BrClN2O/c1-8-7-16(5-4-15-8)12(17)9-2-3-11(14)10(13)6-9/h2-3,6,8,15H,4-5,7H2,1H3/t8-/m1/s1. The second kappa shape index (κ2) is 5.38. The number of rotatable bonds is 1. The molecule has 1 atom stereocenters. The number of carbonyl (C=O) groups excluding carboxylic acids is 1. The Bertz CT molecular complexity index is 439. The number of carbonyl (C=O) groups is 1. The molecule has 1 aromatic carbocycles. The molecule has 0 unspecified atom stereocenters. The minimum absolute atomic E-state index is 0.0655. The highest BCUT2D eigenvalue weighted by molar-refractivity contribution is 9.10. The van der Waals surface area contributed by atoms with Gasteiger partial charge < -0.3 is 10.2 Å². The maximum Gasteiger partial charge on any atom is 0.253 e. The van der Waals surface area contributed by atoms with Crippen molar-refractivity contribution in [1.82, 2.24) is 10.2 Å². The summed E-state index contributed by atoms with van der Waals surface area (Å²) in [5, 5.41) is 3.94. The zero-order valence-electron chi connectivity index (χ0n) is 9.54. The summed E-state index contributed by atoms with van der Waals surface area (Å²) in [6.07, 6.45) is 0. The SMILES string of the molecule is C[C@@H]1CN(C(=O)c2ccc(Cl)c(Br)c2)CCN1. The van der Waals surface area contributed by atoms with E-state index in [1.807, 2.05) is 4.90 Å². The fraction of sp³-hybridized carbons (Fsp3) is 0.417. The third-order valence-electron chi connectivity index (χ3n) is 2.82. The molecule has 1 aliphatic heterocycles. The third-order valence-corrected chi connectivity index (χ3v) is 4.04. The molecule has 17 heavy (non-hydrogen) atoms. The lowest BCUT2D eigenvalue weighted by atomic mass is 10.1. The van der Waals surface area contributed by atoms with Crippen molar-refractivity contribution in [2.75, 3.05) is 19.6 Å². The van der Waals surface area contributed by atoms with Crippen LogP contribution in [-0.2, 0) is 0 Å². The topological polar surface area (TPSA) is 32.3 Å². The van der Waals surface area contributed by atoms with E-state index in [2.05, 4.69) is 28.2 Å². The molecular formula is C12H14BrClN2O. The Hall–Kier alpha value is -0.580. The van der Waals surface area contributed by atoms with E-state index < -0.39 is 0 Å². The van der Waals surface area contributed by atoms with E-state index in [4.69, 9.17) is 11.6 Å². The second-order valence-corrected chi connectivity index (χ2v) is 5.50. The fourth-order valence-corrected chi connectivity index (χ4v) is 2.42. The van der Waals surface area contributed by atoms with E-state index in [-0.39, 0.29) is 5.91 Å². The van der Waals surface area contributed by atoms with Crippen LogP contribution in [0.3, 0.4) is 0 Å². The van der Waals surface area contributed by atoms with Gasteiger partial charge in [-0.2, -0.15) is 0 Å². The molecule has 0 saturated carbocycles. The van der Waals surface area contributed by atoms with Crippen molar-refractivity contribution in [1.29, 1.82) is 0 Å². The molecule has 0 spiro atoms. The number of amides is 1. The van der Waals surface area contributed by atoms with E-state index in [1.54, 1.807) is 18.2 Å². The number of halogens is 2. The Balaban J connectivity index is 2.15. The van der Waals surface area contributed by atoms with Gasteiger partial charge in [-0.1, -0.05) is 11.6 Å². The van der Waals surface area contributed by atoms with E-state index in [1.165, 1.54) is 0 Å². The molecule has 2 rings (SSSR count). The van der Waals surface area contributed by atoms with Gasteiger partial charge in [0.1, 0.15) is 0 Å². The molecule has 1 saturated heterocycles. The predicted octanol–water partition coefficient (Wildman–Crippen LogP) is 2.54. The lowest BCUT2D eigenvalue weighted by molar-refractivity contribution is 0.0709. The molecular weight excluding hydrogens is 304 g/mol. The van der Waals surface area contributed by atoms with Gasteiger partial charge in [0.2, 0.25) is 0 Å². The average Bonchev–Trinajstić information content (AvgIpc) is 2.32. The summed E-state index contributed by atoms with van der Waals surface area (Å²) in [5.74, 6) is 0.0655. The number of nitrogens with one attached hydrogen (secondary N) is 1. The first-order valence-electron chi connectivity index (χ1n) is 5.55. The Labute approximate surface area is 114 Å². The summed E-state index contributed by atoms with van der Waals surface area (Å²) in [7, 11) is 0. The number of benzene rings is 1. The monoisotopic (exact) mass is 316 g/mol. The van der Waals surface area contributed by atoms with Crippen molar-refractivity contribution in [2.24, 2.45) is 0 Å². The van der Waals surface area contributed by atoms with Crippen LogP contribution < -0.4 is 5.32 Å². The molecule has 1 fully saturated rings. The summed E-state index contributed by atoms with van der Waals surface area (Å²) in [4.78, 5) is 14.1. The fourth-order valence-electron chi connectivity index (χ4n) is 1.93. The highest BCUT2D eigenvalue weighted by atomic mass is 79.9. The maximum absolute atomic E-state index is 12.2. The molecule has 3 nitrogen and oxygen atoms in total. The minimum atomic E-state index is 0.0655. The van der Waals surface area contributed by atoms with Gasteiger partial charge in [0.05, 0.1) is 5.02 Å². The summed E-state index contributed by atoms with van der Waals surface area (Å²) in [6, 6.07) is 5.63. The van der Waals surface area contributed by atoms with Crippen LogP contribution in [0.2, 0.25) is 5.02 Å². The van der Waals surface area contributed by atoms with Crippen molar-refractivity contribution in [3.05, 3.63) is 33.3 Å². The van der Waals surface area contributed by atoms with Gasteiger partial charge >= 0.3 is 0 Å². The molecule has 0 radical (unpaired) electrons. The summed E-state index contributed by atoms with van der Waals surface area (Å²) < 4.78 is 0.758. The smallest absolute Gasteiger partial charge is 0.253 e. The largest absolute Gasteiger partial charge is 0.336 e. The molecule has 0 aliphatic carbocycles. The Morgan fingerprint density at radius 1 is 1.59 bits per heavy atom. The van der Waals surface area contributed by atoms with Gasteiger partial charge in [-0.15, -0.1) is 0 Å². The molecule has 5 heteroatoms. The van der Waals surface area contributed by atoms with Crippen molar-refractivity contribution in [2.45, 2.75) is 13.0 Å². The van der Waals surface area contributed by atoms with Crippen LogP contribution >= 0.6 is 27.5 Å². The van der Waals surface area contributed by atoms with Crippen LogP contribution in [0.4, 0.5) is 0 Å². The van der Waals surface area contributed by atoms with Crippen molar-refractivity contribution in [3.63, 3.8) is 0 Å². The Morgan fingerprint density at radius 2 is 2.35 bits per heavy atom. The number of hydrogen-bond donors (Lipinski definition) is 1. The lowest BCUT2D eigenvalue weighted by Crippen LogP contribution is -2.51. The molecule has 1 aromatic rings. The molecule has 0 bridgehead atoms. The molecule has 1 aliphatic rings. The molecule has 1 N–H and O–H groups in total. The molecule has 0 aromatic heterocycles. The molecule has 92 valence electrons. The zero-order valence-corrected chi connectivity index (χ0v) is 11.9. The van der Waals surface area contributed by atoms with Crippen molar-refractivity contribution in [3.8, 4) is 0 Å². The Kier molecular flexibility index (Phi) is 4.07. The number of nitrogens with zero attached hydrogens (tertiary/aromatic N) is 1. The minimum Gasteiger partial charge on any atom is -0.336 e. The van der Waals surface area contributed by atoms with Crippen molar-refractivity contribution < 1.29 is 4.79 Å². The van der Waals surface area contributed by atoms with Gasteiger partial charge in [-0.05, 0) is 41.1 Å². The first-order chi connectivity index (χ1) is 8.08. The maximum atomic E-state index is 12.2. The van der Waals surface area contributed by atoms with Crippen LogP contribution in [0.1, 0.15) is 17.3 Å². The Morgan fingerprint density at radius 3 is 3.00 bits per heavy atom. The van der Waals surface area contributed by atoms with Crippen LogP contribution in [0.5, 0.6) is 0 Å². The molecule has 1 amide bonds. The van der Waals surface area contributed by atoms with Crippen LogP contribution in [0, 0.1) is 0 Å². The third kappa shape index (κ3) is 3.00. The lowest BCUT2D eigenvalue weighted by Gasteiger charge is -2.32. The molecule has 1 heterocycles. The van der Waals surface area contributed by atoms with E-state index in [0.717, 1.165) is 24.1 Å². The van der Waals surface area contributed by atoms with E-state index in [0.29, 0.717) is 16.6 Å². The summed E-state index contributed by atoms with van der Waals surface area (Å²) >= 11 is 9.25. The highest BCUT2D eigenvalue weighted by Crippen LogP contribution is 2.24. The average molecular weight is 318 g/mol. The number of piperazine rings is 1. The van der Waals surface area contributed by atoms with Crippen LogP contribution in [-0.4, -0.2) is 36.5 Å². The second-order valence-electron chi connectivity index (χ2n) is 4.24. The quantitative estimate of drug-likeness (QED) is 0.863. The summed E-state index contributed by atoms with van der Waals surface area (Å²) in [6.45, 7) is 4.43. The van der Waals surface area contributed by atoms with Gasteiger partial charge in [0.25, 0.3) is 5.91 Å². The van der Waals surface area contributed by atoms with Gasteiger partial charge in [0.15, 0.2) is 0 Å². The predicted molar refractivity (Wildman–Crippen MR) is 72.5 cm³/mol. The first kappa shape index (κ1) is 12.9. The van der Waals surface area contributed by atoms with Gasteiger partial charge in [-0.25, -0.2) is 0 Å². The van der Waals surface area contributed by atoms with Gasteiger partial charge in [0, 0.05) is 35.7 Å². The van der Waals surface area contributed by atoms with Crippen LogP contribution in [0.15, 0.2) is 22.7 Å². The summed E-state index contributed by atoms with van der Waals surface area (Å²) in [5.41, 5.74) is 0.676. The zero-order chi connectivity index (χ0) is 12.4.